The van der Waals surface area contributed by atoms with Gasteiger partial charge in [-0.25, -0.2) is 0 Å². The second-order valence-corrected chi connectivity index (χ2v) is 3.97. The van der Waals surface area contributed by atoms with Crippen molar-refractivity contribution in [3.05, 3.63) is 23.8 Å². The molecule has 1 N–H and O–H groups in total. The summed E-state index contributed by atoms with van der Waals surface area (Å²) >= 11 is 0. The monoisotopic (exact) mass is 268 g/mol. The van der Waals surface area contributed by atoms with Gasteiger partial charge >= 0.3 is 5.97 Å². The van der Waals surface area contributed by atoms with Gasteiger partial charge in [-0.3, -0.25) is 4.79 Å². The highest BCUT2D eigenvalue weighted by atomic mass is 16.5. The van der Waals surface area contributed by atoms with E-state index in [2.05, 4.69) is 0 Å². The van der Waals surface area contributed by atoms with E-state index in [-0.39, 0.29) is 18.8 Å². The molecular formula is C14H20O5. The fourth-order valence-electron chi connectivity index (χ4n) is 1.74. The van der Waals surface area contributed by atoms with Gasteiger partial charge in [0.05, 0.1) is 26.9 Å². The largest absolute Gasteiger partial charge is 0.497 e. The summed E-state index contributed by atoms with van der Waals surface area (Å²) in [4.78, 5) is 11.3. The summed E-state index contributed by atoms with van der Waals surface area (Å²) in [7, 11) is 3.08. The number of esters is 1. The number of carbonyl (C=O) groups is 1. The average Bonchev–Trinajstić information content (AvgIpc) is 2.44. The van der Waals surface area contributed by atoms with Crippen LogP contribution in [-0.2, 0) is 9.53 Å². The molecule has 106 valence electrons. The van der Waals surface area contributed by atoms with Crippen LogP contribution in [0.15, 0.2) is 18.2 Å². The van der Waals surface area contributed by atoms with Crippen molar-refractivity contribution in [2.75, 3.05) is 20.8 Å². The Labute approximate surface area is 113 Å². The van der Waals surface area contributed by atoms with Crippen LogP contribution in [0.2, 0.25) is 0 Å². The molecule has 0 bridgehead atoms. The standard InChI is InChI=1S/C14H20O5/c1-4-19-14(16)8-6-12(15)11-9-10(17-2)5-7-13(11)18-3/h5,7,9,12,15H,4,6,8H2,1-3H3. The third-order valence-corrected chi connectivity index (χ3v) is 2.72. The molecule has 1 unspecified atom stereocenters. The number of carbonyl (C=O) groups excluding carboxylic acids is 1. The third-order valence-electron chi connectivity index (χ3n) is 2.72. The van der Waals surface area contributed by atoms with Crippen molar-refractivity contribution in [1.82, 2.24) is 0 Å². The first-order valence-electron chi connectivity index (χ1n) is 6.18. The molecule has 0 aliphatic heterocycles. The molecular weight excluding hydrogens is 248 g/mol. The van der Waals surface area contributed by atoms with Crippen LogP contribution < -0.4 is 9.47 Å². The molecule has 0 radical (unpaired) electrons. The normalized spacial score (nSPS) is 11.8. The smallest absolute Gasteiger partial charge is 0.305 e. The summed E-state index contributed by atoms with van der Waals surface area (Å²) in [6.45, 7) is 2.09. The Hall–Kier alpha value is -1.75. The van der Waals surface area contributed by atoms with Crippen molar-refractivity contribution in [2.45, 2.75) is 25.9 Å². The van der Waals surface area contributed by atoms with E-state index in [0.29, 0.717) is 23.7 Å². The molecule has 0 heterocycles. The van der Waals surface area contributed by atoms with Crippen LogP contribution in [0.5, 0.6) is 11.5 Å². The number of hydrogen-bond acceptors (Lipinski definition) is 5. The number of aliphatic hydroxyl groups excluding tert-OH is 1. The first kappa shape index (κ1) is 15.3. The van der Waals surface area contributed by atoms with Gasteiger partial charge in [0.15, 0.2) is 0 Å². The fraction of sp³-hybridized carbons (Fsp3) is 0.500. The van der Waals surface area contributed by atoms with Crippen molar-refractivity contribution < 1.29 is 24.1 Å². The Morgan fingerprint density at radius 3 is 2.63 bits per heavy atom. The van der Waals surface area contributed by atoms with Crippen LogP contribution >= 0.6 is 0 Å². The Balaban J connectivity index is 2.74. The van der Waals surface area contributed by atoms with Gasteiger partial charge < -0.3 is 19.3 Å². The molecule has 0 saturated heterocycles. The highest BCUT2D eigenvalue weighted by Gasteiger charge is 2.16. The van der Waals surface area contributed by atoms with E-state index >= 15 is 0 Å². The predicted molar refractivity (Wildman–Crippen MR) is 70.4 cm³/mol. The van der Waals surface area contributed by atoms with Crippen LogP contribution in [0, 0.1) is 0 Å². The molecule has 0 aliphatic rings. The minimum absolute atomic E-state index is 0.162. The lowest BCUT2D eigenvalue weighted by Crippen LogP contribution is -2.08. The maximum absolute atomic E-state index is 11.3. The van der Waals surface area contributed by atoms with E-state index in [1.165, 1.54) is 7.11 Å². The molecule has 0 aromatic heterocycles. The molecule has 5 nitrogen and oxygen atoms in total. The third kappa shape index (κ3) is 4.44. The highest BCUT2D eigenvalue weighted by Crippen LogP contribution is 2.31. The van der Waals surface area contributed by atoms with Crippen molar-refractivity contribution in [1.29, 1.82) is 0 Å². The lowest BCUT2D eigenvalue weighted by atomic mass is 10.0. The van der Waals surface area contributed by atoms with E-state index in [1.54, 1.807) is 32.2 Å². The Bertz CT molecular complexity index is 416. The molecule has 0 saturated carbocycles. The zero-order valence-electron chi connectivity index (χ0n) is 11.5. The molecule has 1 aromatic rings. The first-order chi connectivity index (χ1) is 9.12. The topological polar surface area (TPSA) is 65.0 Å². The highest BCUT2D eigenvalue weighted by molar-refractivity contribution is 5.69. The van der Waals surface area contributed by atoms with Crippen molar-refractivity contribution in [2.24, 2.45) is 0 Å². The summed E-state index contributed by atoms with van der Waals surface area (Å²) in [6, 6.07) is 5.18. The molecule has 19 heavy (non-hydrogen) atoms. The molecule has 0 amide bonds. The maximum atomic E-state index is 11.3. The summed E-state index contributed by atoms with van der Waals surface area (Å²) in [5, 5.41) is 10.1. The van der Waals surface area contributed by atoms with Gasteiger partial charge in [-0.1, -0.05) is 0 Å². The van der Waals surface area contributed by atoms with E-state index in [4.69, 9.17) is 14.2 Å². The summed E-state index contributed by atoms with van der Waals surface area (Å²) in [5.74, 6) is 0.881. The van der Waals surface area contributed by atoms with E-state index < -0.39 is 6.10 Å². The second-order valence-electron chi connectivity index (χ2n) is 3.97. The number of ether oxygens (including phenoxy) is 3. The van der Waals surface area contributed by atoms with Gasteiger partial charge in [0.25, 0.3) is 0 Å². The number of aliphatic hydroxyl groups is 1. The van der Waals surface area contributed by atoms with Gasteiger partial charge in [0.2, 0.25) is 0 Å². The molecule has 0 aliphatic carbocycles. The lowest BCUT2D eigenvalue weighted by molar-refractivity contribution is -0.143. The fourth-order valence-corrected chi connectivity index (χ4v) is 1.74. The van der Waals surface area contributed by atoms with Crippen molar-refractivity contribution >= 4 is 5.97 Å². The van der Waals surface area contributed by atoms with Gasteiger partial charge in [0.1, 0.15) is 11.5 Å². The summed E-state index contributed by atoms with van der Waals surface area (Å²) in [5.41, 5.74) is 0.603. The number of rotatable bonds is 7. The van der Waals surface area contributed by atoms with Crippen LogP contribution in [0.3, 0.4) is 0 Å². The van der Waals surface area contributed by atoms with Crippen LogP contribution in [0.1, 0.15) is 31.4 Å². The minimum Gasteiger partial charge on any atom is -0.497 e. The molecule has 1 rings (SSSR count). The molecule has 0 spiro atoms. The molecule has 1 aromatic carbocycles. The lowest BCUT2D eigenvalue weighted by Gasteiger charge is -2.15. The Morgan fingerprint density at radius 2 is 2.05 bits per heavy atom. The molecule has 0 fully saturated rings. The quantitative estimate of drug-likeness (QED) is 0.767. The summed E-state index contributed by atoms with van der Waals surface area (Å²) < 4.78 is 15.1. The predicted octanol–water partition coefficient (Wildman–Crippen LogP) is 2.08. The SMILES string of the molecule is CCOC(=O)CCC(O)c1cc(OC)ccc1OC. The van der Waals surface area contributed by atoms with E-state index in [0.717, 1.165) is 0 Å². The first-order valence-corrected chi connectivity index (χ1v) is 6.18. The van der Waals surface area contributed by atoms with Crippen LogP contribution in [0.4, 0.5) is 0 Å². The minimum atomic E-state index is -0.797. The van der Waals surface area contributed by atoms with Gasteiger partial charge in [0, 0.05) is 12.0 Å². The Kier molecular flexibility index (Phi) is 6.15. The summed E-state index contributed by atoms with van der Waals surface area (Å²) in [6.07, 6.45) is -0.355. The average molecular weight is 268 g/mol. The van der Waals surface area contributed by atoms with E-state index in [9.17, 15) is 9.90 Å². The van der Waals surface area contributed by atoms with Crippen LogP contribution in [0.25, 0.3) is 0 Å². The Morgan fingerprint density at radius 1 is 1.32 bits per heavy atom. The number of methoxy groups -OCH3 is 2. The zero-order valence-corrected chi connectivity index (χ0v) is 11.5. The van der Waals surface area contributed by atoms with Gasteiger partial charge in [-0.2, -0.15) is 0 Å². The molecule has 1 atom stereocenters. The van der Waals surface area contributed by atoms with E-state index in [1.807, 2.05) is 0 Å². The van der Waals surface area contributed by atoms with Gasteiger partial charge in [-0.15, -0.1) is 0 Å². The maximum Gasteiger partial charge on any atom is 0.305 e. The number of benzene rings is 1. The molecule has 5 heteroatoms. The van der Waals surface area contributed by atoms with Crippen molar-refractivity contribution in [3.63, 3.8) is 0 Å². The van der Waals surface area contributed by atoms with Crippen LogP contribution in [-0.4, -0.2) is 31.9 Å². The van der Waals surface area contributed by atoms with Gasteiger partial charge in [-0.05, 0) is 31.5 Å². The second kappa shape index (κ2) is 7.63. The van der Waals surface area contributed by atoms with Crippen molar-refractivity contribution in [3.8, 4) is 11.5 Å². The zero-order chi connectivity index (χ0) is 14.3. The number of hydrogen-bond donors (Lipinski definition) is 1.